The first kappa shape index (κ1) is 24.6. The maximum atomic E-state index is 12.7. The molecule has 3 aromatic rings. The number of piperazine rings is 1. The predicted molar refractivity (Wildman–Crippen MR) is 122 cm³/mol. The van der Waals surface area contributed by atoms with Crippen LogP contribution in [0.5, 0.6) is 0 Å². The minimum atomic E-state index is -4.48. The Kier molecular flexibility index (Phi) is 7.29. The molecule has 1 fully saturated rings. The normalized spacial score (nSPS) is 14.5. The lowest BCUT2D eigenvalue weighted by Crippen LogP contribution is -2.49. The smallest absolute Gasteiger partial charge is 0.381 e. The number of anilines is 1. The van der Waals surface area contributed by atoms with Crippen molar-refractivity contribution in [3.63, 3.8) is 0 Å². The number of amides is 1. The highest BCUT2D eigenvalue weighted by molar-refractivity contribution is 5.86. The average molecular weight is 490 g/mol. The lowest BCUT2D eigenvalue weighted by atomic mass is 10.0. The van der Waals surface area contributed by atoms with Gasteiger partial charge in [0, 0.05) is 44.0 Å². The molecule has 0 unspecified atom stereocenters. The molecule has 0 saturated carbocycles. The molecule has 2 aromatic heterocycles. The Bertz CT molecular complexity index is 1240. The minimum absolute atomic E-state index is 0.0468. The van der Waals surface area contributed by atoms with Crippen molar-refractivity contribution >= 4 is 22.6 Å². The molecular weight excluding hydrogens is 465 g/mol. The van der Waals surface area contributed by atoms with Gasteiger partial charge in [0.25, 0.3) is 5.56 Å². The van der Waals surface area contributed by atoms with Crippen molar-refractivity contribution in [1.29, 1.82) is 0 Å². The molecule has 1 amide bonds. The Morgan fingerprint density at radius 2 is 1.80 bits per heavy atom. The molecule has 4 rings (SSSR count). The zero-order valence-electron chi connectivity index (χ0n) is 19.1. The number of aromatic amines is 1. The van der Waals surface area contributed by atoms with E-state index in [0.29, 0.717) is 44.6 Å². The number of ether oxygens (including phenoxy) is 1. The highest BCUT2D eigenvalue weighted by atomic mass is 19.4. The number of aromatic nitrogens is 4. The second-order valence-electron chi connectivity index (χ2n) is 8.28. The first-order valence-electron chi connectivity index (χ1n) is 11.2. The third kappa shape index (κ3) is 5.76. The van der Waals surface area contributed by atoms with E-state index in [-0.39, 0.29) is 30.4 Å². The first-order valence-corrected chi connectivity index (χ1v) is 11.2. The number of alkyl halides is 3. The summed E-state index contributed by atoms with van der Waals surface area (Å²) in [5, 5.41) is 7.75. The maximum Gasteiger partial charge on any atom is 0.419 e. The fraction of sp³-hybridized carbons (Fsp3) is 0.435. The lowest BCUT2D eigenvalue weighted by molar-refractivity contribution is -0.138. The Morgan fingerprint density at radius 1 is 1.09 bits per heavy atom. The molecule has 0 spiro atoms. The number of nitrogens with one attached hydrogen (secondary N) is 1. The monoisotopic (exact) mass is 490 g/mol. The number of rotatable bonds is 7. The van der Waals surface area contributed by atoms with Gasteiger partial charge in [0.05, 0.1) is 36.8 Å². The van der Waals surface area contributed by atoms with Crippen molar-refractivity contribution in [2.75, 3.05) is 44.3 Å². The zero-order chi connectivity index (χ0) is 25.0. The van der Waals surface area contributed by atoms with Crippen LogP contribution in [-0.4, -0.2) is 70.4 Å². The highest BCUT2D eigenvalue weighted by Crippen LogP contribution is 2.28. The van der Waals surface area contributed by atoms with E-state index in [2.05, 4.69) is 20.2 Å². The van der Waals surface area contributed by atoms with Crippen LogP contribution in [0.1, 0.15) is 23.1 Å². The zero-order valence-corrected chi connectivity index (χ0v) is 19.1. The fourth-order valence-electron chi connectivity index (χ4n) is 4.04. The molecule has 3 heterocycles. The second-order valence-corrected chi connectivity index (χ2v) is 8.28. The van der Waals surface area contributed by atoms with Gasteiger partial charge >= 0.3 is 6.18 Å². The van der Waals surface area contributed by atoms with E-state index in [1.54, 1.807) is 16.0 Å². The van der Waals surface area contributed by atoms with Crippen LogP contribution >= 0.6 is 0 Å². The molecule has 1 aliphatic heterocycles. The number of hydrogen-bond donors (Lipinski definition) is 1. The van der Waals surface area contributed by atoms with Crippen LogP contribution in [0, 0.1) is 6.92 Å². The molecule has 1 aliphatic rings. The molecule has 12 heteroatoms. The Morgan fingerprint density at radius 3 is 2.49 bits per heavy atom. The van der Waals surface area contributed by atoms with Crippen molar-refractivity contribution in [2.45, 2.75) is 25.9 Å². The summed E-state index contributed by atoms with van der Waals surface area (Å²) in [6.07, 6.45) is -0.487. The number of carbonyl (C=O) groups excluding carboxylic acids is 1. The number of benzene rings is 1. The van der Waals surface area contributed by atoms with Gasteiger partial charge < -0.3 is 14.5 Å². The van der Waals surface area contributed by atoms with Gasteiger partial charge in [0.2, 0.25) is 11.9 Å². The quantitative estimate of drug-likeness (QED) is 0.507. The molecule has 0 aliphatic carbocycles. The summed E-state index contributed by atoms with van der Waals surface area (Å²) in [5.41, 5.74) is 0.718. The molecule has 1 saturated heterocycles. The maximum absolute atomic E-state index is 12.7. The molecule has 1 aromatic carbocycles. The molecule has 186 valence electrons. The summed E-state index contributed by atoms with van der Waals surface area (Å²) in [6.45, 7) is 4.28. The average Bonchev–Trinajstić information content (AvgIpc) is 2.84. The predicted octanol–water partition coefficient (Wildman–Crippen LogP) is 2.34. The second kappa shape index (κ2) is 10.4. The van der Waals surface area contributed by atoms with Crippen LogP contribution in [0.25, 0.3) is 10.8 Å². The molecule has 0 bridgehead atoms. The van der Waals surface area contributed by atoms with Crippen molar-refractivity contribution in [3.05, 3.63) is 57.8 Å². The van der Waals surface area contributed by atoms with Crippen LogP contribution in [0.15, 0.2) is 35.5 Å². The molecular formula is C23H25F3N6O3. The summed E-state index contributed by atoms with van der Waals surface area (Å²) in [4.78, 5) is 35.6. The number of H-pyrrole nitrogens is 1. The van der Waals surface area contributed by atoms with Crippen LogP contribution in [0.2, 0.25) is 0 Å². The van der Waals surface area contributed by atoms with Crippen molar-refractivity contribution < 1.29 is 22.7 Å². The van der Waals surface area contributed by atoms with Crippen molar-refractivity contribution in [2.24, 2.45) is 0 Å². The summed E-state index contributed by atoms with van der Waals surface area (Å²) >= 11 is 0. The van der Waals surface area contributed by atoms with Crippen LogP contribution < -0.4 is 10.5 Å². The largest absolute Gasteiger partial charge is 0.419 e. The number of aryl methyl sites for hydroxylation is 1. The van der Waals surface area contributed by atoms with E-state index >= 15 is 0 Å². The summed E-state index contributed by atoms with van der Waals surface area (Å²) in [5.74, 6) is 0.170. The molecule has 35 heavy (non-hydrogen) atoms. The first-order chi connectivity index (χ1) is 16.7. The van der Waals surface area contributed by atoms with Gasteiger partial charge in [0.1, 0.15) is 0 Å². The summed E-state index contributed by atoms with van der Waals surface area (Å²) < 4.78 is 43.7. The van der Waals surface area contributed by atoms with Crippen LogP contribution in [0.4, 0.5) is 19.1 Å². The summed E-state index contributed by atoms with van der Waals surface area (Å²) in [6, 6.07) is 3.85. The Hall–Kier alpha value is -3.54. The van der Waals surface area contributed by atoms with Gasteiger partial charge in [-0.05, 0) is 24.5 Å². The SMILES string of the molecule is Cc1ccc(CCOCCC(=O)N2CCN(c3ncc(C(F)(F)F)cn3)CC2)c2cn[nH]c(=O)c12. The molecule has 9 nitrogen and oxygen atoms in total. The number of hydrogen-bond acceptors (Lipinski definition) is 7. The van der Waals surface area contributed by atoms with Gasteiger partial charge in [-0.25, -0.2) is 15.1 Å². The van der Waals surface area contributed by atoms with Gasteiger partial charge in [-0.1, -0.05) is 12.1 Å². The van der Waals surface area contributed by atoms with Gasteiger partial charge in [-0.2, -0.15) is 18.3 Å². The van der Waals surface area contributed by atoms with E-state index < -0.39 is 11.7 Å². The van der Waals surface area contributed by atoms with Crippen molar-refractivity contribution in [1.82, 2.24) is 25.1 Å². The number of halogens is 3. The Labute approximate surface area is 198 Å². The van der Waals surface area contributed by atoms with Crippen LogP contribution in [0.3, 0.4) is 0 Å². The van der Waals surface area contributed by atoms with Gasteiger partial charge in [-0.15, -0.1) is 0 Å². The number of nitrogens with zero attached hydrogens (tertiary/aromatic N) is 5. The van der Waals surface area contributed by atoms with E-state index in [1.165, 1.54) is 0 Å². The number of fused-ring (bicyclic) bond motifs is 1. The molecule has 0 radical (unpaired) electrons. The van der Waals surface area contributed by atoms with Crippen molar-refractivity contribution in [3.8, 4) is 0 Å². The molecule has 0 atom stereocenters. The van der Waals surface area contributed by atoms with Crippen LogP contribution in [-0.2, 0) is 22.1 Å². The summed E-state index contributed by atoms with van der Waals surface area (Å²) in [7, 11) is 0. The fourth-order valence-corrected chi connectivity index (χ4v) is 4.04. The van der Waals surface area contributed by atoms with Gasteiger partial charge in [0.15, 0.2) is 0 Å². The highest BCUT2D eigenvalue weighted by Gasteiger charge is 2.32. The third-order valence-electron chi connectivity index (χ3n) is 5.99. The minimum Gasteiger partial charge on any atom is -0.381 e. The van der Waals surface area contributed by atoms with E-state index in [9.17, 15) is 22.8 Å². The Balaban J connectivity index is 1.20. The third-order valence-corrected chi connectivity index (χ3v) is 5.99. The standard InChI is InChI=1S/C23H25F3N6O3/c1-15-2-3-16(18-14-29-30-21(34)20(15)18)4-10-35-11-5-19(33)31-6-8-32(9-7-31)22-27-12-17(13-28-22)23(24,25)26/h2-3,12-14H,4-11H2,1H3,(H,30,34). The topological polar surface area (TPSA) is 104 Å². The number of carbonyl (C=O) groups is 1. The van der Waals surface area contributed by atoms with E-state index in [1.807, 2.05) is 19.1 Å². The van der Waals surface area contributed by atoms with E-state index in [4.69, 9.17) is 4.74 Å². The van der Waals surface area contributed by atoms with Gasteiger partial charge in [-0.3, -0.25) is 9.59 Å². The van der Waals surface area contributed by atoms with E-state index in [0.717, 1.165) is 28.9 Å². The molecule has 1 N–H and O–H groups in total. The lowest BCUT2D eigenvalue weighted by Gasteiger charge is -2.34.